The van der Waals surface area contributed by atoms with Crippen molar-refractivity contribution in [2.75, 3.05) is 0 Å². The number of hydrogen-bond acceptors (Lipinski definition) is 4. The molecule has 0 aliphatic rings. The molecule has 30 heavy (non-hydrogen) atoms. The first kappa shape index (κ1) is 19.2. The van der Waals surface area contributed by atoms with Gasteiger partial charge in [-0.05, 0) is 23.3 Å². The number of benzene rings is 4. The molecule has 0 amide bonds. The Morgan fingerprint density at radius 1 is 0.433 bits per heavy atom. The minimum Gasteiger partial charge on any atom is -0.298 e. The SMILES string of the molecule is O=Cc1ccccc1-c1ccccc1OOc1ccccc1-c1ccccc1C=O. The third-order valence-corrected chi connectivity index (χ3v) is 4.75. The van der Waals surface area contributed by atoms with Crippen LogP contribution in [0.2, 0.25) is 0 Å². The van der Waals surface area contributed by atoms with Crippen LogP contribution in [0.4, 0.5) is 0 Å². The van der Waals surface area contributed by atoms with Gasteiger partial charge in [0.2, 0.25) is 0 Å². The molecular formula is C26H18O4. The third-order valence-electron chi connectivity index (χ3n) is 4.75. The molecule has 0 saturated carbocycles. The molecular weight excluding hydrogens is 376 g/mol. The van der Waals surface area contributed by atoms with E-state index in [1.807, 2.05) is 72.8 Å². The Labute approximate surface area is 174 Å². The van der Waals surface area contributed by atoms with Crippen LogP contribution in [0.5, 0.6) is 11.5 Å². The molecule has 4 heteroatoms. The first-order valence-electron chi connectivity index (χ1n) is 9.43. The molecule has 0 spiro atoms. The minimum absolute atomic E-state index is 0.477. The van der Waals surface area contributed by atoms with E-state index in [2.05, 4.69) is 0 Å². The van der Waals surface area contributed by atoms with Crippen LogP contribution in [-0.4, -0.2) is 12.6 Å². The monoisotopic (exact) mass is 394 g/mol. The van der Waals surface area contributed by atoms with Crippen LogP contribution in [0.25, 0.3) is 22.3 Å². The fraction of sp³-hybridized carbons (Fsp3) is 0. The fourth-order valence-electron chi connectivity index (χ4n) is 3.30. The van der Waals surface area contributed by atoms with Crippen LogP contribution in [0.15, 0.2) is 97.1 Å². The predicted octanol–water partition coefficient (Wildman–Crippen LogP) is 6.02. The van der Waals surface area contributed by atoms with E-state index >= 15 is 0 Å². The molecule has 4 rings (SSSR count). The lowest BCUT2D eigenvalue weighted by Crippen LogP contribution is -2.04. The van der Waals surface area contributed by atoms with Crippen LogP contribution < -0.4 is 9.78 Å². The van der Waals surface area contributed by atoms with Crippen LogP contribution in [0, 0.1) is 0 Å². The number of aldehydes is 2. The summed E-state index contributed by atoms with van der Waals surface area (Å²) in [5.74, 6) is 0.954. The second-order valence-electron chi connectivity index (χ2n) is 6.57. The Morgan fingerprint density at radius 3 is 1.17 bits per heavy atom. The number of rotatable bonds is 7. The Hall–Kier alpha value is -4.18. The zero-order valence-corrected chi connectivity index (χ0v) is 16.0. The van der Waals surface area contributed by atoms with E-state index in [1.54, 1.807) is 24.3 Å². The lowest BCUT2D eigenvalue weighted by molar-refractivity contribution is -0.0987. The van der Waals surface area contributed by atoms with Crippen molar-refractivity contribution in [1.29, 1.82) is 0 Å². The highest BCUT2D eigenvalue weighted by Crippen LogP contribution is 2.35. The number of carbonyl (C=O) groups is 2. The highest BCUT2D eigenvalue weighted by molar-refractivity contribution is 5.90. The smallest absolute Gasteiger partial charge is 0.186 e. The maximum Gasteiger partial charge on any atom is 0.186 e. The van der Waals surface area contributed by atoms with Crippen molar-refractivity contribution in [1.82, 2.24) is 0 Å². The largest absolute Gasteiger partial charge is 0.298 e. The highest BCUT2D eigenvalue weighted by atomic mass is 17.2. The zero-order chi connectivity index (χ0) is 20.8. The van der Waals surface area contributed by atoms with E-state index in [9.17, 15) is 9.59 Å². The van der Waals surface area contributed by atoms with Crippen LogP contribution in [0.3, 0.4) is 0 Å². The lowest BCUT2D eigenvalue weighted by Gasteiger charge is -2.14. The topological polar surface area (TPSA) is 52.6 Å². The molecule has 4 aromatic carbocycles. The molecule has 0 heterocycles. The predicted molar refractivity (Wildman–Crippen MR) is 116 cm³/mol. The van der Waals surface area contributed by atoms with Gasteiger partial charge in [-0.2, -0.15) is 0 Å². The maximum atomic E-state index is 11.5. The Morgan fingerprint density at radius 2 is 0.767 bits per heavy atom. The molecule has 4 nitrogen and oxygen atoms in total. The maximum absolute atomic E-state index is 11.5. The summed E-state index contributed by atoms with van der Waals surface area (Å²) in [7, 11) is 0. The molecule has 4 aromatic rings. The molecule has 146 valence electrons. The van der Waals surface area contributed by atoms with Gasteiger partial charge in [-0.25, -0.2) is 0 Å². The molecule has 0 radical (unpaired) electrons. The van der Waals surface area contributed by atoms with Gasteiger partial charge in [0.25, 0.3) is 0 Å². The first-order chi connectivity index (χ1) is 14.8. The van der Waals surface area contributed by atoms with Crippen LogP contribution >= 0.6 is 0 Å². The van der Waals surface area contributed by atoms with Crippen molar-refractivity contribution < 1.29 is 19.4 Å². The standard InChI is InChI=1S/C26H18O4/c27-17-19-9-1-3-11-21(19)23-13-5-7-15-25(23)29-30-26-16-8-6-14-24(26)22-12-4-2-10-20(22)18-28/h1-18H. The summed E-state index contributed by atoms with van der Waals surface area (Å²) >= 11 is 0. The number of para-hydroxylation sites is 2. The average molecular weight is 394 g/mol. The normalized spacial score (nSPS) is 10.3. The van der Waals surface area contributed by atoms with Crippen molar-refractivity contribution in [2.24, 2.45) is 0 Å². The van der Waals surface area contributed by atoms with Crippen molar-refractivity contribution in [3.05, 3.63) is 108 Å². The minimum atomic E-state index is 0.477. The first-order valence-corrected chi connectivity index (χ1v) is 9.43. The van der Waals surface area contributed by atoms with Crippen molar-refractivity contribution in [3.63, 3.8) is 0 Å². The summed E-state index contributed by atoms with van der Waals surface area (Å²) in [6, 6.07) is 29.3. The van der Waals surface area contributed by atoms with Gasteiger partial charge in [0.15, 0.2) is 24.1 Å². The van der Waals surface area contributed by atoms with Gasteiger partial charge in [0, 0.05) is 22.3 Å². The summed E-state index contributed by atoms with van der Waals surface area (Å²) in [4.78, 5) is 34.3. The summed E-state index contributed by atoms with van der Waals surface area (Å²) in [5, 5.41) is 0. The van der Waals surface area contributed by atoms with E-state index < -0.39 is 0 Å². The van der Waals surface area contributed by atoms with Gasteiger partial charge in [0.1, 0.15) is 0 Å². The molecule has 0 atom stereocenters. The molecule has 0 fully saturated rings. The molecule has 0 aromatic heterocycles. The zero-order valence-electron chi connectivity index (χ0n) is 16.0. The number of carbonyl (C=O) groups excluding carboxylic acids is 2. The molecule has 0 saturated heterocycles. The summed E-state index contributed by atoms with van der Waals surface area (Å²) in [6.07, 6.45) is 1.64. The highest BCUT2D eigenvalue weighted by Gasteiger charge is 2.14. The van der Waals surface area contributed by atoms with Crippen molar-refractivity contribution in [3.8, 4) is 33.8 Å². The van der Waals surface area contributed by atoms with E-state index in [0.29, 0.717) is 22.6 Å². The van der Waals surface area contributed by atoms with Gasteiger partial charge < -0.3 is 0 Å². The Kier molecular flexibility index (Phi) is 5.67. The van der Waals surface area contributed by atoms with E-state index in [1.165, 1.54) is 0 Å². The van der Waals surface area contributed by atoms with E-state index in [-0.39, 0.29) is 0 Å². The van der Waals surface area contributed by atoms with Gasteiger partial charge >= 0.3 is 0 Å². The van der Waals surface area contributed by atoms with E-state index in [0.717, 1.165) is 34.8 Å². The molecule has 0 aliphatic carbocycles. The Balaban J connectivity index is 1.68. The van der Waals surface area contributed by atoms with Gasteiger partial charge in [-0.1, -0.05) is 84.9 Å². The second kappa shape index (κ2) is 8.88. The third kappa shape index (κ3) is 3.84. The summed E-state index contributed by atoms with van der Waals surface area (Å²) in [6.45, 7) is 0. The molecule has 0 N–H and O–H groups in total. The van der Waals surface area contributed by atoms with Crippen molar-refractivity contribution >= 4 is 12.6 Å². The fourth-order valence-corrected chi connectivity index (χ4v) is 3.30. The van der Waals surface area contributed by atoms with Crippen molar-refractivity contribution in [2.45, 2.75) is 0 Å². The summed E-state index contributed by atoms with van der Waals surface area (Å²) < 4.78 is 0. The lowest BCUT2D eigenvalue weighted by atomic mass is 9.99. The molecule has 0 aliphatic heterocycles. The van der Waals surface area contributed by atoms with E-state index in [4.69, 9.17) is 9.78 Å². The van der Waals surface area contributed by atoms with Gasteiger partial charge in [-0.15, -0.1) is 0 Å². The van der Waals surface area contributed by atoms with Crippen LogP contribution in [-0.2, 0) is 0 Å². The summed E-state index contributed by atoms with van der Waals surface area (Å²) in [5.41, 5.74) is 4.12. The average Bonchev–Trinajstić information content (AvgIpc) is 2.83. The molecule has 0 unspecified atom stereocenters. The van der Waals surface area contributed by atoms with Gasteiger partial charge in [0.05, 0.1) is 0 Å². The second-order valence-corrected chi connectivity index (χ2v) is 6.57. The number of hydrogen-bond donors (Lipinski definition) is 0. The van der Waals surface area contributed by atoms with Crippen LogP contribution in [0.1, 0.15) is 20.7 Å². The molecule has 0 bridgehead atoms. The Bertz CT molecular complexity index is 1100. The van der Waals surface area contributed by atoms with Gasteiger partial charge in [-0.3, -0.25) is 19.4 Å². The quantitative estimate of drug-likeness (QED) is 0.219.